The first-order valence-electron chi connectivity index (χ1n) is 9.58. The summed E-state index contributed by atoms with van der Waals surface area (Å²) in [6.07, 6.45) is 2.87. The van der Waals surface area contributed by atoms with E-state index in [4.69, 9.17) is 0 Å². The molecule has 1 aromatic carbocycles. The smallest absolute Gasteiger partial charge is 0.241 e. The molecule has 1 saturated heterocycles. The van der Waals surface area contributed by atoms with Crippen LogP contribution in [0.15, 0.2) is 35.3 Å². The highest BCUT2D eigenvalue weighted by Gasteiger charge is 2.39. The number of aliphatic imine (C=N–C) groups is 1. The Balaban J connectivity index is 0.00000280. The summed E-state index contributed by atoms with van der Waals surface area (Å²) < 4.78 is 0. The molecular weight excluding hydrogens is 469 g/mol. The van der Waals surface area contributed by atoms with Crippen molar-refractivity contribution in [3.05, 3.63) is 35.9 Å². The zero-order chi connectivity index (χ0) is 19.2. The largest absolute Gasteiger partial charge is 0.356 e. The Hall–Kier alpha value is -1.84. The standard InChI is InChI=1S/C20H29N5O2.HI/c1-24(2)19(27)13-23-20(21-11-15-6-4-3-5-7-15)22-12-16-10-18(26)25(14-16)17-8-9-17;/h3-7,16-17H,8-14H2,1-2H3,(H2,21,22,23);1H. The van der Waals surface area contributed by atoms with Gasteiger partial charge in [0, 0.05) is 45.6 Å². The maximum Gasteiger partial charge on any atom is 0.241 e. The molecule has 28 heavy (non-hydrogen) atoms. The number of halogens is 1. The number of carbonyl (C=O) groups is 2. The molecule has 1 aliphatic carbocycles. The van der Waals surface area contributed by atoms with Gasteiger partial charge in [-0.2, -0.15) is 0 Å². The van der Waals surface area contributed by atoms with E-state index in [0.717, 1.165) is 24.9 Å². The fourth-order valence-corrected chi connectivity index (χ4v) is 3.17. The number of benzene rings is 1. The van der Waals surface area contributed by atoms with Crippen molar-refractivity contribution in [2.75, 3.05) is 33.7 Å². The van der Waals surface area contributed by atoms with Gasteiger partial charge in [-0.05, 0) is 18.4 Å². The summed E-state index contributed by atoms with van der Waals surface area (Å²) >= 11 is 0. The van der Waals surface area contributed by atoms with E-state index in [1.807, 2.05) is 35.2 Å². The van der Waals surface area contributed by atoms with Crippen molar-refractivity contribution >= 4 is 41.8 Å². The molecule has 1 saturated carbocycles. The second kappa shape index (κ2) is 10.6. The number of guanidine groups is 1. The Kier molecular flexibility index (Phi) is 8.53. The van der Waals surface area contributed by atoms with Crippen LogP contribution in [0.3, 0.4) is 0 Å². The third-order valence-electron chi connectivity index (χ3n) is 4.95. The molecule has 2 amide bonds. The molecule has 0 aromatic heterocycles. The van der Waals surface area contributed by atoms with Gasteiger partial charge in [0.1, 0.15) is 0 Å². The first-order valence-corrected chi connectivity index (χ1v) is 9.58. The molecule has 8 heteroatoms. The van der Waals surface area contributed by atoms with Gasteiger partial charge >= 0.3 is 0 Å². The normalized spacial score (nSPS) is 19.2. The van der Waals surface area contributed by atoms with Gasteiger partial charge in [0.25, 0.3) is 0 Å². The lowest BCUT2D eigenvalue weighted by atomic mass is 10.1. The van der Waals surface area contributed by atoms with Crippen molar-refractivity contribution in [2.45, 2.75) is 31.8 Å². The van der Waals surface area contributed by atoms with Crippen LogP contribution in [0.4, 0.5) is 0 Å². The average Bonchev–Trinajstić information content (AvgIpc) is 3.44. The molecule has 7 nitrogen and oxygen atoms in total. The van der Waals surface area contributed by atoms with Crippen LogP contribution < -0.4 is 10.6 Å². The fourth-order valence-electron chi connectivity index (χ4n) is 3.17. The molecule has 1 aliphatic heterocycles. The number of hydrogen-bond donors (Lipinski definition) is 2. The number of hydrogen-bond acceptors (Lipinski definition) is 3. The van der Waals surface area contributed by atoms with Gasteiger partial charge in [-0.25, -0.2) is 4.99 Å². The molecule has 2 fully saturated rings. The van der Waals surface area contributed by atoms with E-state index in [9.17, 15) is 9.59 Å². The molecule has 2 aliphatic rings. The topological polar surface area (TPSA) is 77.0 Å². The van der Waals surface area contributed by atoms with Crippen molar-refractivity contribution < 1.29 is 9.59 Å². The number of amides is 2. The third-order valence-corrected chi connectivity index (χ3v) is 4.95. The summed E-state index contributed by atoms with van der Waals surface area (Å²) in [7, 11) is 3.46. The molecule has 1 atom stereocenters. The van der Waals surface area contributed by atoms with Crippen molar-refractivity contribution in [3.63, 3.8) is 0 Å². The molecule has 1 aromatic rings. The van der Waals surface area contributed by atoms with Gasteiger partial charge in [0.2, 0.25) is 11.8 Å². The molecule has 3 rings (SSSR count). The summed E-state index contributed by atoms with van der Waals surface area (Å²) in [5, 5.41) is 6.42. The minimum Gasteiger partial charge on any atom is -0.356 e. The quantitative estimate of drug-likeness (QED) is 0.338. The molecule has 1 unspecified atom stereocenters. The number of nitrogens with one attached hydrogen (secondary N) is 2. The maximum absolute atomic E-state index is 12.1. The van der Waals surface area contributed by atoms with Gasteiger partial charge in [0.05, 0.1) is 13.1 Å². The Morgan fingerprint density at radius 1 is 1.21 bits per heavy atom. The van der Waals surface area contributed by atoms with Crippen LogP contribution in [0.1, 0.15) is 24.8 Å². The SMILES string of the molecule is CN(C)C(=O)CNC(=NCc1ccccc1)NCC1CC(=O)N(C2CC2)C1.I. The minimum absolute atomic E-state index is 0. The molecule has 1 heterocycles. The van der Waals surface area contributed by atoms with E-state index < -0.39 is 0 Å². The van der Waals surface area contributed by atoms with Crippen molar-refractivity contribution in [1.82, 2.24) is 20.4 Å². The van der Waals surface area contributed by atoms with Crippen LogP contribution in [-0.2, 0) is 16.1 Å². The molecule has 2 N–H and O–H groups in total. The first-order chi connectivity index (χ1) is 13.0. The number of likely N-dealkylation sites (N-methyl/N-ethyl adjacent to an activating group) is 1. The van der Waals surface area contributed by atoms with E-state index in [1.54, 1.807) is 19.0 Å². The van der Waals surface area contributed by atoms with E-state index in [0.29, 0.717) is 31.5 Å². The first kappa shape index (κ1) is 22.4. The summed E-state index contributed by atoms with van der Waals surface area (Å²) in [4.78, 5) is 32.2. The van der Waals surface area contributed by atoms with Gasteiger partial charge in [-0.1, -0.05) is 30.3 Å². The monoisotopic (exact) mass is 499 g/mol. The number of carbonyl (C=O) groups excluding carboxylic acids is 2. The van der Waals surface area contributed by atoms with Gasteiger partial charge < -0.3 is 20.4 Å². The second-order valence-corrected chi connectivity index (χ2v) is 7.52. The average molecular weight is 499 g/mol. The highest BCUT2D eigenvalue weighted by Crippen LogP contribution is 2.32. The van der Waals surface area contributed by atoms with Crippen molar-refractivity contribution in [3.8, 4) is 0 Å². The Labute approximate surface area is 184 Å². The van der Waals surface area contributed by atoms with Crippen LogP contribution in [-0.4, -0.2) is 67.3 Å². The van der Waals surface area contributed by atoms with E-state index in [1.165, 1.54) is 0 Å². The Bertz CT molecular complexity index is 691. The van der Waals surface area contributed by atoms with Crippen LogP contribution in [0.5, 0.6) is 0 Å². The number of rotatable bonds is 7. The summed E-state index contributed by atoms with van der Waals surface area (Å²) in [5.41, 5.74) is 1.11. The second-order valence-electron chi connectivity index (χ2n) is 7.52. The summed E-state index contributed by atoms with van der Waals surface area (Å²) in [6.45, 7) is 2.21. The minimum atomic E-state index is -0.0137. The molecular formula is C20H30IN5O2. The molecule has 0 bridgehead atoms. The number of likely N-dealkylation sites (tertiary alicyclic amines) is 1. The third kappa shape index (κ3) is 6.65. The van der Waals surface area contributed by atoms with Crippen LogP contribution in [0, 0.1) is 5.92 Å². The van der Waals surface area contributed by atoms with Crippen LogP contribution in [0.25, 0.3) is 0 Å². The van der Waals surface area contributed by atoms with Crippen molar-refractivity contribution in [1.29, 1.82) is 0 Å². The van der Waals surface area contributed by atoms with E-state index in [2.05, 4.69) is 15.6 Å². The Morgan fingerprint density at radius 2 is 1.93 bits per heavy atom. The lowest BCUT2D eigenvalue weighted by Crippen LogP contribution is -2.44. The van der Waals surface area contributed by atoms with Crippen LogP contribution >= 0.6 is 24.0 Å². The summed E-state index contributed by atoms with van der Waals surface area (Å²) in [6, 6.07) is 10.5. The van der Waals surface area contributed by atoms with Crippen LogP contribution in [0.2, 0.25) is 0 Å². The molecule has 0 radical (unpaired) electrons. The van der Waals surface area contributed by atoms with Gasteiger partial charge in [0.15, 0.2) is 5.96 Å². The molecule has 0 spiro atoms. The fraction of sp³-hybridized carbons (Fsp3) is 0.550. The van der Waals surface area contributed by atoms with Gasteiger partial charge in [-0.15, -0.1) is 24.0 Å². The van der Waals surface area contributed by atoms with Crippen molar-refractivity contribution in [2.24, 2.45) is 10.9 Å². The van der Waals surface area contributed by atoms with E-state index in [-0.39, 0.29) is 48.3 Å². The predicted molar refractivity (Wildman–Crippen MR) is 121 cm³/mol. The predicted octanol–water partition coefficient (Wildman–Crippen LogP) is 1.44. The Morgan fingerprint density at radius 3 is 2.57 bits per heavy atom. The zero-order valence-corrected chi connectivity index (χ0v) is 18.9. The number of nitrogens with zero attached hydrogens (tertiary/aromatic N) is 3. The molecule has 154 valence electrons. The van der Waals surface area contributed by atoms with E-state index >= 15 is 0 Å². The highest BCUT2D eigenvalue weighted by molar-refractivity contribution is 14.0. The van der Waals surface area contributed by atoms with Gasteiger partial charge in [-0.3, -0.25) is 9.59 Å². The lowest BCUT2D eigenvalue weighted by Gasteiger charge is -2.18. The summed E-state index contributed by atoms with van der Waals surface area (Å²) in [5.74, 6) is 1.14. The lowest BCUT2D eigenvalue weighted by molar-refractivity contribution is -0.128. The maximum atomic E-state index is 12.1. The highest BCUT2D eigenvalue weighted by atomic mass is 127. The zero-order valence-electron chi connectivity index (χ0n) is 16.6.